The highest BCUT2D eigenvalue weighted by atomic mass is 32.2. The van der Waals surface area contributed by atoms with Gasteiger partial charge in [0.1, 0.15) is 11.5 Å². The number of imidazole rings is 1. The number of rotatable bonds is 4. The number of H-pyrrole nitrogens is 1. The van der Waals surface area contributed by atoms with Crippen LogP contribution in [-0.4, -0.2) is 34.4 Å². The molecule has 0 saturated heterocycles. The van der Waals surface area contributed by atoms with Gasteiger partial charge in [-0.2, -0.15) is 8.42 Å². The van der Waals surface area contributed by atoms with E-state index in [4.69, 9.17) is 5.11 Å². The van der Waals surface area contributed by atoms with E-state index in [1.54, 1.807) is 6.92 Å². The van der Waals surface area contributed by atoms with Crippen molar-refractivity contribution in [3.63, 3.8) is 0 Å². The summed E-state index contributed by atoms with van der Waals surface area (Å²) in [5.41, 5.74) is -0.00224. The van der Waals surface area contributed by atoms with E-state index in [1.807, 2.05) is 0 Å². The third kappa shape index (κ3) is 2.88. The van der Waals surface area contributed by atoms with Crippen molar-refractivity contribution < 1.29 is 18.3 Å². The van der Waals surface area contributed by atoms with E-state index in [1.165, 1.54) is 18.3 Å². The number of sulfonamides is 1. The fraction of sp³-hybridized carbons (Fsp3) is 0.100. The lowest BCUT2D eigenvalue weighted by molar-refractivity contribution is 0.0690. The van der Waals surface area contributed by atoms with Crippen LogP contribution in [0.3, 0.4) is 0 Å². The molecule has 0 spiro atoms. The standard InChI is InChI=1S/C10H10N4O4S/c1-6-11-5-9(13-6)19(17,18)14-7-2-3-8(10(15)16)12-4-7/h2-5,14H,1H3,(H,11,13)(H,15,16). The molecule has 2 aromatic rings. The van der Waals surface area contributed by atoms with Gasteiger partial charge in [-0.05, 0) is 19.1 Å². The molecule has 0 atom stereocenters. The number of aromatic amines is 1. The van der Waals surface area contributed by atoms with Gasteiger partial charge in [-0.25, -0.2) is 14.8 Å². The molecule has 2 rings (SSSR count). The van der Waals surface area contributed by atoms with Crippen LogP contribution in [0.5, 0.6) is 0 Å². The highest BCUT2D eigenvalue weighted by Gasteiger charge is 2.17. The zero-order chi connectivity index (χ0) is 14.0. The molecular formula is C10H10N4O4S. The van der Waals surface area contributed by atoms with Crippen LogP contribution >= 0.6 is 0 Å². The maximum Gasteiger partial charge on any atom is 0.354 e. The van der Waals surface area contributed by atoms with Crippen molar-refractivity contribution in [2.75, 3.05) is 4.72 Å². The average molecular weight is 282 g/mol. The first kappa shape index (κ1) is 13.0. The second-order valence-corrected chi connectivity index (χ2v) is 5.33. The van der Waals surface area contributed by atoms with Crippen molar-refractivity contribution in [3.8, 4) is 0 Å². The van der Waals surface area contributed by atoms with Gasteiger partial charge < -0.3 is 10.1 Å². The van der Waals surface area contributed by atoms with E-state index in [2.05, 4.69) is 19.7 Å². The van der Waals surface area contributed by atoms with E-state index in [-0.39, 0.29) is 16.4 Å². The third-order valence-corrected chi connectivity index (χ3v) is 3.49. The molecule has 100 valence electrons. The summed E-state index contributed by atoms with van der Waals surface area (Å²) in [5, 5.41) is 8.60. The Bertz CT molecular complexity index is 705. The van der Waals surface area contributed by atoms with Gasteiger partial charge in [-0.15, -0.1) is 0 Å². The van der Waals surface area contributed by atoms with Gasteiger partial charge in [0.15, 0.2) is 5.03 Å². The number of aromatic nitrogens is 3. The molecule has 3 N–H and O–H groups in total. The van der Waals surface area contributed by atoms with Crippen LogP contribution in [0, 0.1) is 6.92 Å². The lowest BCUT2D eigenvalue weighted by Gasteiger charge is -2.05. The highest BCUT2D eigenvalue weighted by Crippen LogP contribution is 2.13. The van der Waals surface area contributed by atoms with Crippen molar-refractivity contribution in [2.45, 2.75) is 11.9 Å². The van der Waals surface area contributed by atoms with Gasteiger partial charge in [0.2, 0.25) is 0 Å². The molecule has 0 radical (unpaired) electrons. The summed E-state index contributed by atoms with van der Waals surface area (Å²) in [6, 6.07) is 2.52. The second kappa shape index (κ2) is 4.69. The number of carboxylic acid groups (broad SMARTS) is 1. The van der Waals surface area contributed by atoms with Gasteiger partial charge in [-0.1, -0.05) is 0 Å². The van der Waals surface area contributed by atoms with E-state index in [9.17, 15) is 13.2 Å². The molecule has 2 heterocycles. The zero-order valence-electron chi connectivity index (χ0n) is 9.78. The number of anilines is 1. The Morgan fingerprint density at radius 3 is 2.53 bits per heavy atom. The molecular weight excluding hydrogens is 272 g/mol. The first-order valence-electron chi connectivity index (χ1n) is 5.12. The summed E-state index contributed by atoms with van der Waals surface area (Å²) in [7, 11) is -3.78. The minimum atomic E-state index is -3.78. The third-order valence-electron chi connectivity index (χ3n) is 2.20. The summed E-state index contributed by atoms with van der Waals surface area (Å²) in [5.74, 6) is -0.710. The Kier molecular flexibility index (Phi) is 3.21. The molecule has 8 nitrogen and oxygen atoms in total. The van der Waals surface area contributed by atoms with Gasteiger partial charge >= 0.3 is 5.97 Å². The smallest absolute Gasteiger partial charge is 0.354 e. The Morgan fingerprint density at radius 1 is 1.32 bits per heavy atom. The number of carbonyl (C=O) groups is 1. The Balaban J connectivity index is 2.23. The van der Waals surface area contributed by atoms with Crippen LogP contribution < -0.4 is 4.72 Å². The van der Waals surface area contributed by atoms with Crippen molar-refractivity contribution in [1.82, 2.24) is 15.0 Å². The number of pyridine rings is 1. The van der Waals surface area contributed by atoms with Gasteiger partial charge in [0, 0.05) is 0 Å². The van der Waals surface area contributed by atoms with Crippen LogP contribution in [0.2, 0.25) is 0 Å². The molecule has 19 heavy (non-hydrogen) atoms. The van der Waals surface area contributed by atoms with E-state index < -0.39 is 16.0 Å². The molecule has 0 fully saturated rings. The fourth-order valence-electron chi connectivity index (χ4n) is 1.33. The van der Waals surface area contributed by atoms with Crippen LogP contribution in [0.25, 0.3) is 0 Å². The number of hydrogen-bond acceptors (Lipinski definition) is 5. The molecule has 9 heteroatoms. The van der Waals surface area contributed by atoms with Crippen molar-refractivity contribution >= 4 is 21.7 Å². The fourth-order valence-corrected chi connectivity index (χ4v) is 2.34. The lowest BCUT2D eigenvalue weighted by Crippen LogP contribution is -2.14. The minimum Gasteiger partial charge on any atom is -0.477 e. The molecule has 0 aliphatic heterocycles. The lowest BCUT2D eigenvalue weighted by atomic mass is 10.3. The predicted molar refractivity (Wildman–Crippen MR) is 65.3 cm³/mol. The summed E-state index contributed by atoms with van der Waals surface area (Å²) in [4.78, 5) is 20.6. The molecule has 0 aliphatic carbocycles. The van der Waals surface area contributed by atoms with Crippen LogP contribution in [0.15, 0.2) is 29.6 Å². The first-order chi connectivity index (χ1) is 8.88. The molecule has 0 unspecified atom stereocenters. The van der Waals surface area contributed by atoms with Gasteiger partial charge in [0.25, 0.3) is 10.0 Å². The monoisotopic (exact) mass is 282 g/mol. The van der Waals surface area contributed by atoms with Crippen LogP contribution in [0.4, 0.5) is 5.69 Å². The van der Waals surface area contributed by atoms with Crippen molar-refractivity contribution in [2.24, 2.45) is 0 Å². The van der Waals surface area contributed by atoms with Gasteiger partial charge in [-0.3, -0.25) is 4.72 Å². The summed E-state index contributed by atoms with van der Waals surface area (Å²) in [6.45, 7) is 1.63. The Hall–Kier alpha value is -2.42. The SMILES string of the molecule is Cc1ncc(S(=O)(=O)Nc2ccc(C(=O)O)nc2)[nH]1. The van der Waals surface area contributed by atoms with Crippen LogP contribution in [-0.2, 0) is 10.0 Å². The normalized spacial score (nSPS) is 11.2. The van der Waals surface area contributed by atoms with Crippen molar-refractivity contribution in [1.29, 1.82) is 0 Å². The van der Waals surface area contributed by atoms with E-state index in [0.29, 0.717) is 5.82 Å². The number of carboxylic acids is 1. The number of hydrogen-bond donors (Lipinski definition) is 3. The topological polar surface area (TPSA) is 125 Å². The summed E-state index contributed by atoms with van der Waals surface area (Å²) < 4.78 is 26.1. The maximum absolute atomic E-state index is 11.9. The first-order valence-corrected chi connectivity index (χ1v) is 6.60. The van der Waals surface area contributed by atoms with E-state index in [0.717, 1.165) is 6.20 Å². The zero-order valence-corrected chi connectivity index (χ0v) is 10.6. The Labute approximate surface area is 108 Å². The molecule has 0 saturated carbocycles. The van der Waals surface area contributed by atoms with Crippen molar-refractivity contribution in [3.05, 3.63) is 36.0 Å². The molecule has 0 amide bonds. The largest absolute Gasteiger partial charge is 0.477 e. The predicted octanol–water partition coefficient (Wildman–Crippen LogP) is 0.612. The van der Waals surface area contributed by atoms with Crippen LogP contribution in [0.1, 0.15) is 16.3 Å². The Morgan fingerprint density at radius 2 is 2.05 bits per heavy atom. The number of aryl methyl sites for hydroxylation is 1. The molecule has 2 aromatic heterocycles. The average Bonchev–Trinajstić information content (AvgIpc) is 2.77. The van der Waals surface area contributed by atoms with E-state index >= 15 is 0 Å². The van der Waals surface area contributed by atoms with Gasteiger partial charge in [0.05, 0.1) is 18.1 Å². The highest BCUT2D eigenvalue weighted by molar-refractivity contribution is 7.92. The maximum atomic E-state index is 11.9. The second-order valence-electron chi connectivity index (χ2n) is 3.68. The number of nitrogens with zero attached hydrogens (tertiary/aromatic N) is 2. The summed E-state index contributed by atoms with van der Waals surface area (Å²) >= 11 is 0. The number of nitrogens with one attached hydrogen (secondary N) is 2. The molecule has 0 bridgehead atoms. The molecule has 0 aromatic carbocycles. The quantitative estimate of drug-likeness (QED) is 0.754. The summed E-state index contributed by atoms with van der Waals surface area (Å²) in [6.07, 6.45) is 2.32. The number of aromatic carboxylic acids is 1. The minimum absolute atomic E-state index is 0.0766. The molecule has 0 aliphatic rings.